The number of unbranched alkanes of at least 4 members (excludes halogenated alkanes) is 3. The Morgan fingerprint density at radius 3 is 2.39 bits per heavy atom. The lowest BCUT2D eigenvalue weighted by Crippen LogP contribution is -2.30. The van der Waals surface area contributed by atoms with E-state index in [1.54, 1.807) is 0 Å². The number of halogens is 1. The van der Waals surface area contributed by atoms with Crippen LogP contribution in [0.5, 0.6) is 0 Å². The lowest BCUT2D eigenvalue weighted by molar-refractivity contribution is 0.463. The number of hydrogen-bond donors (Lipinski definition) is 1. The van der Waals surface area contributed by atoms with Gasteiger partial charge in [-0.2, -0.15) is 0 Å². The Bertz CT molecular complexity index is 307. The summed E-state index contributed by atoms with van der Waals surface area (Å²) >= 11 is 5.91. The summed E-state index contributed by atoms with van der Waals surface area (Å²) in [6.45, 7) is 5.49. The van der Waals surface area contributed by atoms with Gasteiger partial charge in [0.05, 0.1) is 0 Å². The Morgan fingerprint density at radius 2 is 1.78 bits per heavy atom. The molecule has 1 aromatic carbocycles. The van der Waals surface area contributed by atoms with Crippen LogP contribution in [-0.4, -0.2) is 12.6 Å². The highest BCUT2D eigenvalue weighted by Crippen LogP contribution is 2.14. The van der Waals surface area contributed by atoms with Crippen molar-refractivity contribution in [3.8, 4) is 0 Å². The van der Waals surface area contributed by atoms with Crippen LogP contribution in [-0.2, 0) is 6.42 Å². The average molecular weight is 268 g/mol. The molecule has 102 valence electrons. The van der Waals surface area contributed by atoms with Gasteiger partial charge in [0.2, 0.25) is 0 Å². The molecule has 1 aromatic rings. The molecule has 0 heterocycles. The van der Waals surface area contributed by atoms with Crippen LogP contribution >= 0.6 is 11.6 Å². The van der Waals surface area contributed by atoms with Crippen molar-refractivity contribution in [2.75, 3.05) is 6.54 Å². The molecule has 0 fully saturated rings. The molecular formula is C16H26ClN. The van der Waals surface area contributed by atoms with Gasteiger partial charge in [-0.3, -0.25) is 0 Å². The maximum absolute atomic E-state index is 5.91. The zero-order valence-electron chi connectivity index (χ0n) is 11.7. The van der Waals surface area contributed by atoms with E-state index in [4.69, 9.17) is 11.6 Å². The maximum Gasteiger partial charge on any atom is 0.0406 e. The highest BCUT2D eigenvalue weighted by Gasteiger charge is 2.07. The second-order valence-electron chi connectivity index (χ2n) is 4.93. The fourth-order valence-corrected chi connectivity index (χ4v) is 2.41. The highest BCUT2D eigenvalue weighted by atomic mass is 35.5. The first-order valence-electron chi connectivity index (χ1n) is 7.24. The molecule has 1 rings (SSSR count). The molecule has 0 aromatic heterocycles. The Labute approximate surface area is 117 Å². The summed E-state index contributed by atoms with van der Waals surface area (Å²) in [7, 11) is 0. The minimum absolute atomic E-state index is 0.605. The second-order valence-corrected chi connectivity index (χ2v) is 5.37. The van der Waals surface area contributed by atoms with E-state index in [1.165, 1.54) is 37.7 Å². The molecule has 0 aliphatic heterocycles. The molecule has 1 N–H and O–H groups in total. The van der Waals surface area contributed by atoms with Gasteiger partial charge in [-0.25, -0.2) is 0 Å². The number of likely N-dealkylation sites (N-methyl/N-ethyl adjacent to an activating group) is 1. The number of benzene rings is 1. The number of nitrogens with one attached hydrogen (secondary N) is 1. The summed E-state index contributed by atoms with van der Waals surface area (Å²) in [6, 6.07) is 8.85. The molecule has 1 atom stereocenters. The quantitative estimate of drug-likeness (QED) is 0.632. The van der Waals surface area contributed by atoms with Crippen molar-refractivity contribution < 1.29 is 0 Å². The molecular weight excluding hydrogens is 242 g/mol. The Balaban J connectivity index is 2.38. The molecule has 0 saturated heterocycles. The van der Waals surface area contributed by atoms with Crippen LogP contribution in [0, 0.1) is 0 Å². The van der Waals surface area contributed by atoms with Crippen molar-refractivity contribution in [2.45, 2.75) is 58.4 Å². The zero-order chi connectivity index (χ0) is 13.2. The Morgan fingerprint density at radius 1 is 1.06 bits per heavy atom. The van der Waals surface area contributed by atoms with E-state index in [9.17, 15) is 0 Å². The monoisotopic (exact) mass is 267 g/mol. The number of rotatable bonds is 9. The van der Waals surface area contributed by atoms with Crippen LogP contribution in [0.2, 0.25) is 5.02 Å². The first-order valence-corrected chi connectivity index (χ1v) is 7.61. The van der Waals surface area contributed by atoms with Crippen molar-refractivity contribution in [2.24, 2.45) is 0 Å². The van der Waals surface area contributed by atoms with E-state index >= 15 is 0 Å². The van der Waals surface area contributed by atoms with Crippen LogP contribution in [0.3, 0.4) is 0 Å². The Kier molecular flexibility index (Phi) is 8.11. The van der Waals surface area contributed by atoms with Crippen LogP contribution in [0.15, 0.2) is 24.3 Å². The van der Waals surface area contributed by atoms with E-state index in [-0.39, 0.29) is 0 Å². The van der Waals surface area contributed by atoms with E-state index in [0.717, 1.165) is 18.0 Å². The van der Waals surface area contributed by atoms with E-state index < -0.39 is 0 Å². The van der Waals surface area contributed by atoms with Crippen LogP contribution in [0.4, 0.5) is 0 Å². The largest absolute Gasteiger partial charge is 0.314 e. The molecule has 1 nitrogen and oxygen atoms in total. The van der Waals surface area contributed by atoms with Gasteiger partial charge in [0.15, 0.2) is 0 Å². The summed E-state index contributed by atoms with van der Waals surface area (Å²) in [4.78, 5) is 0. The van der Waals surface area contributed by atoms with Crippen LogP contribution in [0.25, 0.3) is 0 Å². The first-order chi connectivity index (χ1) is 8.76. The second kappa shape index (κ2) is 9.41. The Hall–Kier alpha value is -0.530. The fourth-order valence-electron chi connectivity index (χ4n) is 2.29. The maximum atomic E-state index is 5.91. The molecule has 2 heteroatoms. The molecule has 0 radical (unpaired) electrons. The van der Waals surface area contributed by atoms with Crippen molar-refractivity contribution in [3.63, 3.8) is 0 Å². The lowest BCUT2D eigenvalue weighted by Gasteiger charge is -2.18. The molecule has 0 bridgehead atoms. The third-order valence-corrected chi connectivity index (χ3v) is 3.55. The zero-order valence-corrected chi connectivity index (χ0v) is 12.5. The fraction of sp³-hybridized carbons (Fsp3) is 0.625. The molecule has 0 amide bonds. The van der Waals surface area contributed by atoms with Crippen molar-refractivity contribution >= 4 is 11.6 Å². The minimum Gasteiger partial charge on any atom is -0.314 e. The van der Waals surface area contributed by atoms with E-state index in [0.29, 0.717) is 6.04 Å². The first kappa shape index (κ1) is 15.5. The van der Waals surface area contributed by atoms with Gasteiger partial charge < -0.3 is 5.32 Å². The van der Waals surface area contributed by atoms with Crippen LogP contribution in [0.1, 0.15) is 51.5 Å². The highest BCUT2D eigenvalue weighted by molar-refractivity contribution is 6.30. The van der Waals surface area contributed by atoms with Gasteiger partial charge in [0.1, 0.15) is 0 Å². The van der Waals surface area contributed by atoms with Crippen molar-refractivity contribution in [3.05, 3.63) is 34.9 Å². The van der Waals surface area contributed by atoms with Gasteiger partial charge in [-0.1, -0.05) is 63.3 Å². The van der Waals surface area contributed by atoms with Crippen molar-refractivity contribution in [1.29, 1.82) is 0 Å². The third kappa shape index (κ3) is 6.42. The van der Waals surface area contributed by atoms with Gasteiger partial charge in [-0.05, 0) is 37.1 Å². The standard InChI is InChI=1S/C16H26ClN/c1-3-5-6-7-8-16(18-4-2)13-14-9-11-15(17)12-10-14/h9-12,16,18H,3-8,13H2,1-2H3. The molecule has 0 spiro atoms. The topological polar surface area (TPSA) is 12.0 Å². The van der Waals surface area contributed by atoms with E-state index in [1.807, 2.05) is 12.1 Å². The molecule has 0 aliphatic carbocycles. The summed E-state index contributed by atoms with van der Waals surface area (Å²) in [5, 5.41) is 4.41. The van der Waals surface area contributed by atoms with Gasteiger partial charge in [0.25, 0.3) is 0 Å². The molecule has 1 unspecified atom stereocenters. The summed E-state index contributed by atoms with van der Waals surface area (Å²) in [5.74, 6) is 0. The normalized spacial score (nSPS) is 12.6. The molecule has 18 heavy (non-hydrogen) atoms. The van der Waals surface area contributed by atoms with E-state index in [2.05, 4.69) is 31.3 Å². The molecule has 0 saturated carbocycles. The summed E-state index contributed by atoms with van der Waals surface area (Å²) < 4.78 is 0. The number of hydrogen-bond acceptors (Lipinski definition) is 1. The van der Waals surface area contributed by atoms with Gasteiger partial charge in [0, 0.05) is 11.1 Å². The minimum atomic E-state index is 0.605. The summed E-state index contributed by atoms with van der Waals surface area (Å²) in [5.41, 5.74) is 1.38. The molecule has 0 aliphatic rings. The lowest BCUT2D eigenvalue weighted by atomic mass is 10.00. The van der Waals surface area contributed by atoms with Crippen LogP contribution < -0.4 is 5.32 Å². The summed E-state index contributed by atoms with van der Waals surface area (Å²) in [6.07, 6.45) is 7.74. The smallest absolute Gasteiger partial charge is 0.0406 e. The predicted octanol–water partition coefficient (Wildman–Crippen LogP) is 4.83. The van der Waals surface area contributed by atoms with Crippen molar-refractivity contribution in [1.82, 2.24) is 5.32 Å². The van der Waals surface area contributed by atoms with Gasteiger partial charge >= 0.3 is 0 Å². The SMILES string of the molecule is CCCCCCC(Cc1ccc(Cl)cc1)NCC. The predicted molar refractivity (Wildman–Crippen MR) is 81.4 cm³/mol. The third-order valence-electron chi connectivity index (χ3n) is 3.29. The van der Waals surface area contributed by atoms with Gasteiger partial charge in [-0.15, -0.1) is 0 Å². The average Bonchev–Trinajstić information content (AvgIpc) is 2.37.